The van der Waals surface area contributed by atoms with Crippen LogP contribution in [0.5, 0.6) is 5.75 Å². The average Bonchev–Trinajstić information content (AvgIpc) is 2.64. The summed E-state index contributed by atoms with van der Waals surface area (Å²) in [6, 6.07) is 8.52. The molecule has 27 heavy (non-hydrogen) atoms. The molecule has 0 aliphatic carbocycles. The van der Waals surface area contributed by atoms with E-state index in [2.05, 4.69) is 10.6 Å². The van der Waals surface area contributed by atoms with Crippen molar-refractivity contribution >= 4 is 46.5 Å². The lowest BCUT2D eigenvalue weighted by molar-refractivity contribution is 0.232. The zero-order chi connectivity index (χ0) is 20.2. The molecule has 2 rings (SSSR count). The summed E-state index contributed by atoms with van der Waals surface area (Å²) in [6.07, 6.45) is 1.37. The molecule has 4 nitrogen and oxygen atoms in total. The first-order valence-electron chi connectivity index (χ1n) is 8.65. The predicted octanol–water partition coefficient (Wildman–Crippen LogP) is 6.80. The Morgan fingerprint density at radius 3 is 2.26 bits per heavy atom. The minimum absolute atomic E-state index is 0.351. The van der Waals surface area contributed by atoms with Crippen LogP contribution < -0.4 is 15.4 Å². The Bertz CT molecular complexity index is 836. The molecule has 0 atom stereocenters. The Morgan fingerprint density at radius 2 is 1.70 bits per heavy atom. The second-order valence-electron chi connectivity index (χ2n) is 6.30. The van der Waals surface area contributed by atoms with Crippen molar-refractivity contribution in [2.45, 2.75) is 39.2 Å². The molecule has 0 aliphatic heterocycles. The van der Waals surface area contributed by atoms with Crippen LogP contribution in [0.25, 0.3) is 0 Å². The van der Waals surface area contributed by atoms with Gasteiger partial charge < -0.3 is 15.4 Å². The molecule has 0 saturated carbocycles. The minimum atomic E-state index is -0.577. The van der Waals surface area contributed by atoms with Gasteiger partial charge in [-0.1, -0.05) is 54.7 Å². The Hall–Kier alpha value is -1.62. The smallest absolute Gasteiger partial charge is 0.319 e. The van der Waals surface area contributed by atoms with Crippen molar-refractivity contribution in [1.82, 2.24) is 5.32 Å². The fourth-order valence-corrected chi connectivity index (χ4v) is 3.55. The van der Waals surface area contributed by atoms with Crippen LogP contribution in [0.1, 0.15) is 37.8 Å². The lowest BCUT2D eigenvalue weighted by Gasteiger charge is -2.34. The van der Waals surface area contributed by atoms with Gasteiger partial charge in [-0.2, -0.15) is 0 Å². The van der Waals surface area contributed by atoms with Crippen molar-refractivity contribution in [3.63, 3.8) is 0 Å². The van der Waals surface area contributed by atoms with E-state index in [1.54, 1.807) is 31.4 Å². The highest BCUT2D eigenvalue weighted by molar-refractivity contribution is 6.42. The van der Waals surface area contributed by atoms with E-state index in [0.29, 0.717) is 39.3 Å². The maximum Gasteiger partial charge on any atom is 0.319 e. The zero-order valence-corrected chi connectivity index (χ0v) is 18.0. The topological polar surface area (TPSA) is 50.4 Å². The number of rotatable bonds is 6. The molecular weight excluding hydrogens is 407 g/mol. The lowest BCUT2D eigenvalue weighted by Crippen LogP contribution is -2.47. The molecule has 0 bridgehead atoms. The van der Waals surface area contributed by atoms with Gasteiger partial charge in [0.15, 0.2) is 0 Å². The molecule has 146 valence electrons. The van der Waals surface area contributed by atoms with Gasteiger partial charge in [-0.05, 0) is 49.1 Å². The first-order valence-corrected chi connectivity index (χ1v) is 9.78. The minimum Gasteiger partial charge on any atom is -0.496 e. The Labute approximate surface area is 175 Å². The molecule has 7 heteroatoms. The van der Waals surface area contributed by atoms with E-state index in [-0.39, 0.29) is 6.03 Å². The van der Waals surface area contributed by atoms with Gasteiger partial charge in [0.2, 0.25) is 0 Å². The molecule has 0 radical (unpaired) electrons. The van der Waals surface area contributed by atoms with Crippen LogP contribution in [0.3, 0.4) is 0 Å². The average molecular weight is 430 g/mol. The molecule has 0 aliphatic rings. The number of methoxy groups -OCH3 is 1. The zero-order valence-electron chi connectivity index (χ0n) is 15.8. The van der Waals surface area contributed by atoms with Crippen molar-refractivity contribution in [3.8, 4) is 5.75 Å². The number of hydrogen-bond donors (Lipinski definition) is 2. The van der Waals surface area contributed by atoms with Crippen LogP contribution in [0.15, 0.2) is 30.3 Å². The van der Waals surface area contributed by atoms with Crippen molar-refractivity contribution in [2.75, 3.05) is 12.4 Å². The van der Waals surface area contributed by atoms with E-state index in [9.17, 15) is 4.79 Å². The van der Waals surface area contributed by atoms with Gasteiger partial charge >= 0.3 is 6.03 Å². The summed E-state index contributed by atoms with van der Waals surface area (Å²) in [6.45, 7) is 5.91. The third-order valence-corrected chi connectivity index (χ3v) is 5.82. The van der Waals surface area contributed by atoms with Gasteiger partial charge in [0.05, 0.1) is 33.4 Å². The summed E-state index contributed by atoms with van der Waals surface area (Å²) in [7, 11) is 1.58. The number of halogens is 3. The molecule has 2 aromatic rings. The van der Waals surface area contributed by atoms with Gasteiger partial charge in [-0.3, -0.25) is 0 Å². The number of carbonyl (C=O) groups excluding carboxylic acids is 1. The quantitative estimate of drug-likeness (QED) is 0.530. The standard InChI is InChI=1S/C20H23Cl3N2O2/c1-5-20(6-2,13-7-8-14(21)15(22)10-13)25-19(26)24-17-9-12(3)18(27-4)11-16(17)23/h7-11H,5-6H2,1-4H3,(H2,24,25,26). The molecule has 2 aromatic carbocycles. The maximum atomic E-state index is 12.7. The van der Waals surface area contributed by atoms with E-state index in [0.717, 1.165) is 11.1 Å². The molecule has 0 spiro atoms. The fraction of sp³-hybridized carbons (Fsp3) is 0.350. The predicted molar refractivity (Wildman–Crippen MR) is 114 cm³/mol. The first kappa shape index (κ1) is 21.7. The molecular formula is C20H23Cl3N2O2. The molecule has 0 heterocycles. The van der Waals surface area contributed by atoms with E-state index in [1.165, 1.54) is 0 Å². The highest BCUT2D eigenvalue weighted by atomic mass is 35.5. The highest BCUT2D eigenvalue weighted by Crippen LogP contribution is 2.34. The Balaban J connectivity index is 2.27. The number of aryl methyl sites for hydroxylation is 1. The van der Waals surface area contributed by atoms with Crippen LogP contribution in [-0.4, -0.2) is 13.1 Å². The van der Waals surface area contributed by atoms with Crippen LogP contribution in [0.4, 0.5) is 10.5 Å². The van der Waals surface area contributed by atoms with E-state index >= 15 is 0 Å². The van der Waals surface area contributed by atoms with Crippen LogP contribution in [0, 0.1) is 6.92 Å². The number of urea groups is 1. The molecule has 0 fully saturated rings. The van der Waals surface area contributed by atoms with Gasteiger partial charge in [-0.15, -0.1) is 0 Å². The third kappa shape index (κ3) is 4.81. The number of anilines is 1. The normalized spacial score (nSPS) is 11.2. The van der Waals surface area contributed by atoms with Crippen LogP contribution in [-0.2, 0) is 5.54 Å². The van der Waals surface area contributed by atoms with Crippen molar-refractivity contribution in [2.24, 2.45) is 0 Å². The summed E-state index contributed by atoms with van der Waals surface area (Å²) in [5.74, 6) is 0.665. The highest BCUT2D eigenvalue weighted by Gasteiger charge is 2.31. The van der Waals surface area contributed by atoms with Crippen LogP contribution in [0.2, 0.25) is 15.1 Å². The van der Waals surface area contributed by atoms with Crippen molar-refractivity contribution in [3.05, 3.63) is 56.5 Å². The third-order valence-electron chi connectivity index (χ3n) is 4.76. The molecule has 2 amide bonds. The second kappa shape index (κ2) is 9.05. The number of hydrogen-bond acceptors (Lipinski definition) is 2. The number of nitrogens with one attached hydrogen (secondary N) is 2. The Kier molecular flexibility index (Phi) is 7.26. The molecule has 0 saturated heterocycles. The summed E-state index contributed by atoms with van der Waals surface area (Å²) in [5.41, 5.74) is 1.71. The van der Waals surface area contributed by atoms with Gasteiger partial charge in [0.25, 0.3) is 0 Å². The Morgan fingerprint density at radius 1 is 1.04 bits per heavy atom. The second-order valence-corrected chi connectivity index (χ2v) is 7.52. The summed E-state index contributed by atoms with van der Waals surface area (Å²) < 4.78 is 5.24. The monoisotopic (exact) mass is 428 g/mol. The molecule has 0 unspecified atom stereocenters. The lowest BCUT2D eigenvalue weighted by atomic mass is 9.85. The maximum absolute atomic E-state index is 12.7. The number of ether oxygens (including phenoxy) is 1. The first-order chi connectivity index (χ1) is 12.8. The van der Waals surface area contributed by atoms with Crippen molar-refractivity contribution in [1.29, 1.82) is 0 Å². The van der Waals surface area contributed by atoms with E-state index < -0.39 is 5.54 Å². The van der Waals surface area contributed by atoms with Gasteiger partial charge in [0.1, 0.15) is 5.75 Å². The van der Waals surface area contributed by atoms with Gasteiger partial charge in [-0.25, -0.2) is 4.79 Å². The number of benzene rings is 2. The van der Waals surface area contributed by atoms with E-state index in [4.69, 9.17) is 39.5 Å². The van der Waals surface area contributed by atoms with Crippen LogP contribution >= 0.6 is 34.8 Å². The number of carbonyl (C=O) groups is 1. The van der Waals surface area contributed by atoms with Gasteiger partial charge in [0, 0.05) is 6.07 Å². The molecule has 0 aromatic heterocycles. The summed E-state index contributed by atoms with van der Waals surface area (Å²) in [5, 5.41) is 7.24. The summed E-state index contributed by atoms with van der Waals surface area (Å²) in [4.78, 5) is 12.7. The van der Waals surface area contributed by atoms with Crippen molar-refractivity contribution < 1.29 is 9.53 Å². The fourth-order valence-electron chi connectivity index (χ4n) is 3.05. The SMILES string of the molecule is CCC(CC)(NC(=O)Nc1cc(C)c(OC)cc1Cl)c1ccc(Cl)c(Cl)c1. The molecule has 2 N–H and O–H groups in total. The number of amides is 2. The summed E-state index contributed by atoms with van der Waals surface area (Å²) >= 11 is 18.5. The van der Waals surface area contributed by atoms with E-state index in [1.807, 2.05) is 26.8 Å². The largest absolute Gasteiger partial charge is 0.496 e.